The van der Waals surface area contributed by atoms with Crippen molar-refractivity contribution in [1.29, 1.82) is 0 Å². The van der Waals surface area contributed by atoms with Crippen molar-refractivity contribution in [2.24, 2.45) is 0 Å². The first kappa shape index (κ1) is 13.2. The molecule has 4 heteroatoms. The van der Waals surface area contributed by atoms with E-state index in [0.29, 0.717) is 17.1 Å². The van der Waals surface area contributed by atoms with Crippen LogP contribution in [0, 0.1) is 0 Å². The smallest absolute Gasteiger partial charge is 0.153 e. The summed E-state index contributed by atoms with van der Waals surface area (Å²) in [5.41, 5.74) is 0.534. The lowest BCUT2D eigenvalue weighted by Crippen LogP contribution is -1.90. The quantitative estimate of drug-likeness (QED) is 0.598. The summed E-state index contributed by atoms with van der Waals surface area (Å²) in [5.74, 6) is 1.27. The Hall–Kier alpha value is -1.26. The van der Waals surface area contributed by atoms with Gasteiger partial charge in [0.05, 0.1) is 5.56 Å². The molecule has 2 nitrogen and oxygen atoms in total. The summed E-state index contributed by atoms with van der Waals surface area (Å²) in [7, 11) is 0. The van der Waals surface area contributed by atoms with Gasteiger partial charge in [0.1, 0.15) is 11.5 Å². The number of hydrogen-bond acceptors (Lipinski definition) is 3. The molecule has 0 N–H and O–H groups in total. The number of rotatable bonds is 4. The van der Waals surface area contributed by atoms with Gasteiger partial charge in [-0.1, -0.05) is 15.9 Å². The van der Waals surface area contributed by atoms with Crippen molar-refractivity contribution in [3.05, 3.63) is 52.5 Å². The number of thioether (sulfide) groups is 1. The van der Waals surface area contributed by atoms with Crippen molar-refractivity contribution in [1.82, 2.24) is 0 Å². The summed E-state index contributed by atoms with van der Waals surface area (Å²) in [4.78, 5) is 12.1. The van der Waals surface area contributed by atoms with E-state index < -0.39 is 0 Å². The van der Waals surface area contributed by atoms with E-state index >= 15 is 0 Å². The average molecular weight is 323 g/mol. The highest BCUT2D eigenvalue weighted by Crippen LogP contribution is 2.28. The van der Waals surface area contributed by atoms with Crippen molar-refractivity contribution in [2.45, 2.75) is 4.90 Å². The summed E-state index contributed by atoms with van der Waals surface area (Å²) in [6.45, 7) is 0. The minimum Gasteiger partial charge on any atom is -0.457 e. The second-order valence-electron chi connectivity index (χ2n) is 3.58. The largest absolute Gasteiger partial charge is 0.457 e. The zero-order valence-electron chi connectivity index (χ0n) is 9.72. The van der Waals surface area contributed by atoms with Gasteiger partial charge in [-0.3, -0.25) is 4.79 Å². The lowest BCUT2D eigenvalue weighted by molar-refractivity contribution is 0.112. The number of carbonyl (C=O) groups is 1. The number of ether oxygens (including phenoxy) is 1. The van der Waals surface area contributed by atoms with Gasteiger partial charge in [0.25, 0.3) is 0 Å². The fourth-order valence-electron chi connectivity index (χ4n) is 1.46. The molecule has 2 aromatic carbocycles. The molecule has 0 aromatic heterocycles. The van der Waals surface area contributed by atoms with Crippen LogP contribution in [0.1, 0.15) is 10.4 Å². The number of hydrogen-bond donors (Lipinski definition) is 0. The highest BCUT2D eigenvalue weighted by atomic mass is 79.9. The lowest BCUT2D eigenvalue weighted by Gasteiger charge is -2.08. The van der Waals surface area contributed by atoms with Crippen molar-refractivity contribution < 1.29 is 9.53 Å². The van der Waals surface area contributed by atoms with Crippen molar-refractivity contribution in [2.75, 3.05) is 6.26 Å². The van der Waals surface area contributed by atoms with Gasteiger partial charge in [-0.05, 0) is 48.7 Å². The molecule has 2 aromatic rings. The molecule has 0 unspecified atom stereocenters. The molecule has 0 heterocycles. The molecule has 0 aliphatic rings. The van der Waals surface area contributed by atoms with E-state index in [9.17, 15) is 4.79 Å². The molecular weight excluding hydrogens is 312 g/mol. The minimum absolute atomic E-state index is 0.534. The van der Waals surface area contributed by atoms with E-state index in [1.807, 2.05) is 36.6 Å². The van der Waals surface area contributed by atoms with E-state index in [1.54, 1.807) is 23.9 Å². The maximum absolute atomic E-state index is 10.9. The minimum atomic E-state index is 0.534. The zero-order valence-corrected chi connectivity index (χ0v) is 12.1. The Balaban J connectivity index is 2.27. The third-order valence-electron chi connectivity index (χ3n) is 2.39. The van der Waals surface area contributed by atoms with Gasteiger partial charge in [0.15, 0.2) is 6.29 Å². The lowest BCUT2D eigenvalue weighted by atomic mass is 10.2. The Bertz CT molecular complexity index is 552. The van der Waals surface area contributed by atoms with Crippen LogP contribution in [-0.2, 0) is 0 Å². The van der Waals surface area contributed by atoms with Gasteiger partial charge in [-0.15, -0.1) is 11.8 Å². The van der Waals surface area contributed by atoms with E-state index in [4.69, 9.17) is 4.74 Å². The molecule has 2 rings (SSSR count). The molecule has 0 amide bonds. The van der Waals surface area contributed by atoms with Gasteiger partial charge in [-0.25, -0.2) is 0 Å². The van der Waals surface area contributed by atoms with Crippen LogP contribution in [0.15, 0.2) is 51.8 Å². The second kappa shape index (κ2) is 6.07. The molecule has 0 bridgehead atoms. The molecule has 0 radical (unpaired) electrons. The van der Waals surface area contributed by atoms with Crippen molar-refractivity contribution in [3.63, 3.8) is 0 Å². The number of halogens is 1. The van der Waals surface area contributed by atoms with Crippen molar-refractivity contribution in [3.8, 4) is 11.5 Å². The SMILES string of the molecule is CSc1ccc(Oc2cc(Br)ccc2C=O)cc1. The van der Waals surface area contributed by atoms with Crippen LogP contribution in [0.4, 0.5) is 0 Å². The van der Waals surface area contributed by atoms with Crippen LogP contribution in [0.5, 0.6) is 11.5 Å². The number of benzene rings is 2. The predicted molar refractivity (Wildman–Crippen MR) is 77.8 cm³/mol. The van der Waals surface area contributed by atoms with Crippen LogP contribution in [0.3, 0.4) is 0 Å². The van der Waals surface area contributed by atoms with E-state index in [-0.39, 0.29) is 0 Å². The third kappa shape index (κ3) is 3.15. The number of carbonyl (C=O) groups excluding carboxylic acids is 1. The molecule has 0 aliphatic carbocycles. The highest BCUT2D eigenvalue weighted by molar-refractivity contribution is 9.10. The van der Waals surface area contributed by atoms with Gasteiger partial charge >= 0.3 is 0 Å². The standard InChI is InChI=1S/C14H11BrO2S/c1-18-13-6-4-12(5-7-13)17-14-8-11(15)3-2-10(14)9-16/h2-9H,1H3. The molecule has 0 saturated carbocycles. The van der Waals surface area contributed by atoms with Crippen LogP contribution in [0.2, 0.25) is 0 Å². The summed E-state index contributed by atoms with van der Waals surface area (Å²) in [5, 5.41) is 0. The fourth-order valence-corrected chi connectivity index (χ4v) is 2.21. The monoisotopic (exact) mass is 322 g/mol. The Morgan fingerprint density at radius 2 is 1.89 bits per heavy atom. The van der Waals surface area contributed by atoms with Crippen molar-refractivity contribution >= 4 is 34.0 Å². The molecule has 0 spiro atoms. The molecular formula is C14H11BrO2S. The topological polar surface area (TPSA) is 26.3 Å². The summed E-state index contributed by atoms with van der Waals surface area (Å²) in [6, 6.07) is 13.1. The molecule has 0 fully saturated rings. The predicted octanol–water partition coefficient (Wildman–Crippen LogP) is 4.78. The Morgan fingerprint density at radius 3 is 2.50 bits per heavy atom. The second-order valence-corrected chi connectivity index (χ2v) is 5.37. The Morgan fingerprint density at radius 1 is 1.17 bits per heavy atom. The molecule has 0 atom stereocenters. The van der Waals surface area contributed by atoms with Gasteiger partial charge in [0, 0.05) is 9.37 Å². The average Bonchev–Trinajstić information content (AvgIpc) is 2.40. The zero-order chi connectivity index (χ0) is 13.0. The molecule has 0 aliphatic heterocycles. The fraction of sp³-hybridized carbons (Fsp3) is 0.0714. The molecule has 92 valence electrons. The summed E-state index contributed by atoms with van der Waals surface area (Å²) >= 11 is 5.04. The normalized spacial score (nSPS) is 10.1. The molecule has 18 heavy (non-hydrogen) atoms. The Kier molecular flexibility index (Phi) is 4.44. The summed E-state index contributed by atoms with van der Waals surface area (Å²) < 4.78 is 6.59. The first-order valence-corrected chi connectivity index (χ1v) is 7.31. The highest BCUT2D eigenvalue weighted by Gasteiger charge is 2.05. The van der Waals surface area contributed by atoms with Crippen LogP contribution >= 0.6 is 27.7 Å². The van der Waals surface area contributed by atoms with Gasteiger partial charge < -0.3 is 4.74 Å². The summed E-state index contributed by atoms with van der Waals surface area (Å²) in [6.07, 6.45) is 2.81. The number of aldehydes is 1. The van der Waals surface area contributed by atoms with Gasteiger partial charge in [0.2, 0.25) is 0 Å². The Labute approximate surface area is 118 Å². The van der Waals surface area contributed by atoms with Crippen LogP contribution in [0.25, 0.3) is 0 Å². The van der Waals surface area contributed by atoms with E-state index in [2.05, 4.69) is 15.9 Å². The van der Waals surface area contributed by atoms with Gasteiger partial charge in [-0.2, -0.15) is 0 Å². The first-order valence-electron chi connectivity index (χ1n) is 5.29. The van der Waals surface area contributed by atoms with E-state index in [0.717, 1.165) is 10.8 Å². The van der Waals surface area contributed by atoms with E-state index in [1.165, 1.54) is 4.90 Å². The maximum atomic E-state index is 10.9. The molecule has 0 saturated heterocycles. The van der Waals surface area contributed by atoms with Crippen LogP contribution in [-0.4, -0.2) is 12.5 Å². The first-order chi connectivity index (χ1) is 8.72. The maximum Gasteiger partial charge on any atom is 0.153 e. The van der Waals surface area contributed by atoms with Crippen LogP contribution < -0.4 is 4.74 Å². The third-order valence-corrected chi connectivity index (χ3v) is 3.63.